The minimum atomic E-state index is -1.17. The minimum Gasteiger partial charge on any atom is -0.480 e. The van der Waals surface area contributed by atoms with Gasteiger partial charge in [-0.25, -0.2) is 4.79 Å². The lowest BCUT2D eigenvalue weighted by Gasteiger charge is -2.20. The molecule has 94 valence electrons. The number of carboxylic acid groups (broad SMARTS) is 1. The first-order chi connectivity index (χ1) is 7.43. The molecule has 0 aromatic heterocycles. The Balaban J connectivity index is 4.34. The van der Waals surface area contributed by atoms with Crippen molar-refractivity contribution in [1.82, 2.24) is 5.32 Å². The Hall–Kier alpha value is -1.14. The smallest absolute Gasteiger partial charge is 0.326 e. The van der Waals surface area contributed by atoms with Gasteiger partial charge in [0.1, 0.15) is 6.04 Å². The average Bonchev–Trinajstić information content (AvgIpc) is 2.25. The van der Waals surface area contributed by atoms with E-state index in [2.05, 4.69) is 5.32 Å². The van der Waals surface area contributed by atoms with Crippen molar-refractivity contribution in [3.8, 4) is 0 Å². The minimum absolute atomic E-state index is 0.0106. The number of carbonyl (C=O) groups is 2. The lowest BCUT2D eigenvalue weighted by atomic mass is 9.99. The summed E-state index contributed by atoms with van der Waals surface area (Å²) >= 11 is 0. The molecule has 0 aromatic rings. The molecule has 0 bridgehead atoms. The summed E-state index contributed by atoms with van der Waals surface area (Å²) in [5.41, 5.74) is 5.65. The van der Waals surface area contributed by atoms with E-state index in [-0.39, 0.29) is 18.9 Å². The van der Waals surface area contributed by atoms with Gasteiger partial charge < -0.3 is 21.3 Å². The van der Waals surface area contributed by atoms with Gasteiger partial charge in [-0.15, -0.1) is 0 Å². The van der Waals surface area contributed by atoms with Crippen molar-refractivity contribution in [3.63, 3.8) is 0 Å². The number of nitrogens with two attached hydrogens (primary N) is 1. The molecule has 0 aliphatic carbocycles. The van der Waals surface area contributed by atoms with E-state index in [1.807, 2.05) is 13.8 Å². The van der Waals surface area contributed by atoms with E-state index in [1.165, 1.54) is 0 Å². The Labute approximate surface area is 94.8 Å². The van der Waals surface area contributed by atoms with Gasteiger partial charge in [-0.05, 0) is 5.92 Å². The number of aliphatic carboxylic acids is 1. The number of amides is 1. The Morgan fingerprint density at radius 2 is 2.00 bits per heavy atom. The fourth-order valence-electron chi connectivity index (χ4n) is 1.17. The average molecular weight is 232 g/mol. The van der Waals surface area contributed by atoms with Crippen LogP contribution in [0.5, 0.6) is 0 Å². The Morgan fingerprint density at radius 1 is 1.44 bits per heavy atom. The van der Waals surface area contributed by atoms with Crippen LogP contribution in [0.15, 0.2) is 0 Å². The number of hydrogen-bond donors (Lipinski definition) is 4. The fraction of sp³-hybridized carbons (Fsp3) is 0.800. The Bertz CT molecular complexity index is 245. The van der Waals surface area contributed by atoms with Crippen LogP contribution in [-0.4, -0.2) is 40.8 Å². The molecule has 3 atom stereocenters. The Morgan fingerprint density at radius 3 is 2.38 bits per heavy atom. The van der Waals surface area contributed by atoms with E-state index >= 15 is 0 Å². The topological polar surface area (TPSA) is 113 Å². The molecule has 6 nitrogen and oxygen atoms in total. The number of nitrogens with one attached hydrogen (secondary N) is 1. The first-order valence-electron chi connectivity index (χ1n) is 5.33. The Kier molecular flexibility index (Phi) is 6.67. The third kappa shape index (κ3) is 4.59. The SMILES string of the molecule is CCC(C)C(N)C(=O)NC(CCO)C(=O)O. The van der Waals surface area contributed by atoms with Crippen molar-refractivity contribution in [1.29, 1.82) is 0 Å². The molecule has 0 saturated heterocycles. The van der Waals surface area contributed by atoms with Gasteiger partial charge >= 0.3 is 5.97 Å². The summed E-state index contributed by atoms with van der Waals surface area (Å²) in [4.78, 5) is 22.3. The molecule has 0 spiro atoms. The van der Waals surface area contributed by atoms with Crippen molar-refractivity contribution >= 4 is 11.9 Å². The maximum absolute atomic E-state index is 11.6. The molecular weight excluding hydrogens is 212 g/mol. The standard InChI is InChI=1S/C10H20N2O4/c1-3-6(2)8(11)9(14)12-7(4-5-13)10(15)16/h6-8,13H,3-5,11H2,1-2H3,(H,12,14)(H,15,16). The first kappa shape index (κ1) is 14.9. The molecule has 6 heteroatoms. The van der Waals surface area contributed by atoms with Crippen LogP contribution in [0, 0.1) is 5.92 Å². The highest BCUT2D eigenvalue weighted by atomic mass is 16.4. The number of aliphatic hydroxyl groups excluding tert-OH is 1. The van der Waals surface area contributed by atoms with Gasteiger partial charge in [0.25, 0.3) is 0 Å². The molecule has 5 N–H and O–H groups in total. The van der Waals surface area contributed by atoms with E-state index in [9.17, 15) is 9.59 Å². The summed E-state index contributed by atoms with van der Waals surface area (Å²) in [6.45, 7) is 3.43. The molecular formula is C10H20N2O4. The quantitative estimate of drug-likeness (QED) is 0.464. The van der Waals surface area contributed by atoms with Gasteiger partial charge in [0.2, 0.25) is 5.91 Å². The third-order valence-corrected chi connectivity index (χ3v) is 2.59. The van der Waals surface area contributed by atoms with Crippen molar-refractivity contribution < 1.29 is 19.8 Å². The maximum Gasteiger partial charge on any atom is 0.326 e. The van der Waals surface area contributed by atoms with Crippen LogP contribution in [0.3, 0.4) is 0 Å². The van der Waals surface area contributed by atoms with Gasteiger partial charge in [0, 0.05) is 13.0 Å². The molecule has 0 aliphatic rings. The second kappa shape index (κ2) is 7.19. The van der Waals surface area contributed by atoms with Crippen LogP contribution >= 0.6 is 0 Å². The van der Waals surface area contributed by atoms with Gasteiger partial charge in [0.05, 0.1) is 6.04 Å². The highest BCUT2D eigenvalue weighted by Crippen LogP contribution is 2.05. The summed E-state index contributed by atoms with van der Waals surface area (Å²) in [6.07, 6.45) is 0.723. The molecule has 0 rings (SSSR count). The van der Waals surface area contributed by atoms with Gasteiger partial charge in [-0.3, -0.25) is 4.79 Å². The normalized spacial score (nSPS) is 16.2. The predicted octanol–water partition coefficient (Wildman–Crippen LogP) is -0.688. The number of hydrogen-bond acceptors (Lipinski definition) is 4. The van der Waals surface area contributed by atoms with Crippen LogP contribution in [0.25, 0.3) is 0 Å². The van der Waals surface area contributed by atoms with Crippen molar-refractivity contribution in [2.75, 3.05) is 6.61 Å². The zero-order chi connectivity index (χ0) is 12.7. The van der Waals surface area contributed by atoms with Gasteiger partial charge in [-0.2, -0.15) is 0 Å². The number of rotatable bonds is 7. The molecule has 16 heavy (non-hydrogen) atoms. The van der Waals surface area contributed by atoms with Crippen molar-refractivity contribution in [2.45, 2.75) is 38.8 Å². The summed E-state index contributed by atoms with van der Waals surface area (Å²) < 4.78 is 0. The zero-order valence-corrected chi connectivity index (χ0v) is 9.64. The number of aliphatic hydroxyl groups is 1. The third-order valence-electron chi connectivity index (χ3n) is 2.59. The monoisotopic (exact) mass is 232 g/mol. The predicted molar refractivity (Wildman–Crippen MR) is 58.7 cm³/mol. The van der Waals surface area contributed by atoms with Crippen molar-refractivity contribution in [3.05, 3.63) is 0 Å². The second-order valence-electron chi connectivity index (χ2n) is 3.82. The summed E-state index contributed by atoms with van der Waals surface area (Å²) in [6, 6.07) is -1.79. The highest BCUT2D eigenvalue weighted by Gasteiger charge is 2.25. The fourth-order valence-corrected chi connectivity index (χ4v) is 1.17. The zero-order valence-electron chi connectivity index (χ0n) is 9.64. The molecule has 0 fully saturated rings. The summed E-state index contributed by atoms with van der Waals surface area (Å²) in [5.74, 6) is -1.67. The van der Waals surface area contributed by atoms with E-state index < -0.39 is 24.0 Å². The van der Waals surface area contributed by atoms with Crippen LogP contribution in [0.2, 0.25) is 0 Å². The summed E-state index contributed by atoms with van der Waals surface area (Å²) in [7, 11) is 0. The lowest BCUT2D eigenvalue weighted by Crippen LogP contribution is -2.50. The maximum atomic E-state index is 11.6. The van der Waals surface area contributed by atoms with E-state index in [1.54, 1.807) is 0 Å². The largest absolute Gasteiger partial charge is 0.480 e. The van der Waals surface area contributed by atoms with E-state index in [0.717, 1.165) is 6.42 Å². The molecule has 0 aromatic carbocycles. The van der Waals surface area contributed by atoms with Gasteiger partial charge in [0.15, 0.2) is 0 Å². The molecule has 1 amide bonds. The molecule has 3 unspecified atom stereocenters. The number of carbonyl (C=O) groups excluding carboxylic acids is 1. The lowest BCUT2D eigenvalue weighted by molar-refractivity contribution is -0.142. The highest BCUT2D eigenvalue weighted by molar-refractivity contribution is 5.86. The van der Waals surface area contributed by atoms with E-state index in [4.69, 9.17) is 15.9 Å². The van der Waals surface area contributed by atoms with Gasteiger partial charge in [-0.1, -0.05) is 20.3 Å². The van der Waals surface area contributed by atoms with Crippen LogP contribution in [0.1, 0.15) is 26.7 Å². The van der Waals surface area contributed by atoms with Crippen LogP contribution < -0.4 is 11.1 Å². The molecule has 0 aliphatic heterocycles. The van der Waals surface area contributed by atoms with Crippen molar-refractivity contribution in [2.24, 2.45) is 11.7 Å². The summed E-state index contributed by atoms with van der Waals surface area (Å²) in [5, 5.41) is 19.7. The van der Waals surface area contributed by atoms with Crippen LogP contribution in [0.4, 0.5) is 0 Å². The second-order valence-corrected chi connectivity index (χ2v) is 3.82. The first-order valence-corrected chi connectivity index (χ1v) is 5.33. The number of carboxylic acids is 1. The molecule has 0 radical (unpaired) electrons. The van der Waals surface area contributed by atoms with E-state index in [0.29, 0.717) is 0 Å². The van der Waals surface area contributed by atoms with Crippen LogP contribution in [-0.2, 0) is 9.59 Å². The molecule has 0 saturated carbocycles. The molecule has 0 heterocycles.